The van der Waals surface area contributed by atoms with Gasteiger partial charge in [-0.1, -0.05) is 200 Å². The molecule has 0 saturated carbocycles. The van der Waals surface area contributed by atoms with E-state index in [2.05, 4.69) is 309 Å². The Labute approximate surface area is 514 Å². The highest BCUT2D eigenvalue weighted by Crippen LogP contribution is 2.47. The molecule has 90 heavy (non-hydrogen) atoms. The Bertz CT molecular complexity index is 6380. The van der Waals surface area contributed by atoms with Crippen molar-refractivity contribution in [2.75, 3.05) is 0 Å². The topological polar surface area (TPSA) is 46.0 Å². The van der Waals surface area contributed by atoms with Gasteiger partial charge in [0.15, 0.2) is 0 Å². The van der Waals surface area contributed by atoms with E-state index in [0.717, 1.165) is 116 Å². The normalized spacial score (nSPS) is 12.2. The van der Waals surface area contributed by atoms with E-state index in [1.165, 1.54) is 70.8 Å². The molecule has 0 atom stereocenters. The number of nitrogens with zero attached hydrogens (tertiary/aromatic N) is 4. The Kier molecular flexibility index (Phi) is 10.2. The maximum Gasteiger partial charge on any atom is 0.143 e. The van der Waals surface area contributed by atoms with Gasteiger partial charge in [-0.25, -0.2) is 0 Å². The summed E-state index contributed by atoms with van der Waals surface area (Å²) >= 11 is 0. The second-order valence-electron chi connectivity index (χ2n) is 23.9. The van der Waals surface area contributed by atoms with E-state index in [9.17, 15) is 0 Å². The lowest BCUT2D eigenvalue weighted by Gasteiger charge is -2.13. The molecule has 0 aliphatic heterocycles. The molecule has 0 amide bonds. The summed E-state index contributed by atoms with van der Waals surface area (Å²) in [7, 11) is 0. The van der Waals surface area contributed by atoms with Crippen molar-refractivity contribution in [1.82, 2.24) is 18.3 Å². The van der Waals surface area contributed by atoms with Crippen LogP contribution in [0.1, 0.15) is 0 Å². The summed E-state index contributed by atoms with van der Waals surface area (Å²) < 4.78 is 23.2. The third kappa shape index (κ3) is 6.92. The van der Waals surface area contributed by atoms with Gasteiger partial charge in [0.2, 0.25) is 0 Å². The lowest BCUT2D eigenvalue weighted by Crippen LogP contribution is -1.96. The largest absolute Gasteiger partial charge is 0.456 e. The second-order valence-corrected chi connectivity index (χ2v) is 23.9. The lowest BCUT2D eigenvalue weighted by atomic mass is 9.93. The number of hydrogen-bond acceptors (Lipinski definition) is 2. The van der Waals surface area contributed by atoms with Crippen LogP contribution in [-0.4, -0.2) is 18.3 Å². The van der Waals surface area contributed by atoms with Gasteiger partial charge in [-0.3, -0.25) is 0 Å². The highest BCUT2D eigenvalue weighted by atomic mass is 16.3. The predicted molar refractivity (Wildman–Crippen MR) is 375 cm³/mol. The Hall–Kier alpha value is -12.1. The molecule has 0 aliphatic carbocycles. The molecule has 0 saturated heterocycles. The average molecular weight is 1150 g/mol. The van der Waals surface area contributed by atoms with Crippen LogP contribution >= 0.6 is 0 Å². The van der Waals surface area contributed by atoms with E-state index >= 15 is 0 Å². The van der Waals surface area contributed by atoms with E-state index in [-0.39, 0.29) is 0 Å². The van der Waals surface area contributed by atoms with Crippen LogP contribution < -0.4 is 0 Å². The summed E-state index contributed by atoms with van der Waals surface area (Å²) in [5.41, 5.74) is 24.0. The Morgan fingerprint density at radius 1 is 0.200 bits per heavy atom. The van der Waals surface area contributed by atoms with E-state index in [1.807, 2.05) is 12.1 Å². The summed E-state index contributed by atoms with van der Waals surface area (Å²) in [5.74, 6) is 0. The molecular weight excluding hydrogens is 1100 g/mol. The smallest absolute Gasteiger partial charge is 0.143 e. The molecule has 0 N–H and O–H groups in total. The number of aromatic nitrogens is 4. The van der Waals surface area contributed by atoms with Crippen molar-refractivity contribution in [3.8, 4) is 56.1 Å². The number of para-hydroxylation sites is 6. The molecular formula is C84H50N4O2. The third-order valence-electron chi connectivity index (χ3n) is 19.2. The van der Waals surface area contributed by atoms with Crippen LogP contribution in [0.25, 0.3) is 187 Å². The fourth-order valence-corrected chi connectivity index (χ4v) is 15.3. The van der Waals surface area contributed by atoms with Crippen LogP contribution in [0.3, 0.4) is 0 Å². The van der Waals surface area contributed by atoms with Crippen molar-refractivity contribution in [3.63, 3.8) is 0 Å². The number of benzene rings is 14. The summed E-state index contributed by atoms with van der Waals surface area (Å²) in [6, 6.07) is 110. The van der Waals surface area contributed by atoms with E-state index in [4.69, 9.17) is 8.83 Å². The quantitative estimate of drug-likeness (QED) is 0.160. The van der Waals surface area contributed by atoms with Crippen LogP contribution in [0.15, 0.2) is 312 Å². The molecule has 0 aliphatic rings. The summed E-state index contributed by atoms with van der Waals surface area (Å²) in [6.45, 7) is 0. The highest BCUT2D eigenvalue weighted by Gasteiger charge is 2.25. The molecule has 6 heteroatoms. The second kappa shape index (κ2) is 18.7. The molecule has 6 aromatic heterocycles. The van der Waals surface area contributed by atoms with Crippen LogP contribution in [0.2, 0.25) is 0 Å². The first-order valence-corrected chi connectivity index (χ1v) is 30.8. The fourth-order valence-electron chi connectivity index (χ4n) is 15.3. The summed E-state index contributed by atoms with van der Waals surface area (Å²) in [5, 5.41) is 14.1. The number of furan rings is 2. The maximum absolute atomic E-state index is 7.17. The van der Waals surface area contributed by atoms with Crippen molar-refractivity contribution in [3.05, 3.63) is 303 Å². The van der Waals surface area contributed by atoms with Gasteiger partial charge in [0, 0.05) is 99.0 Å². The van der Waals surface area contributed by atoms with Crippen molar-refractivity contribution in [1.29, 1.82) is 0 Å². The van der Waals surface area contributed by atoms with E-state index in [1.54, 1.807) is 0 Å². The van der Waals surface area contributed by atoms with Gasteiger partial charge in [-0.05, 0) is 125 Å². The van der Waals surface area contributed by atoms with Crippen LogP contribution in [0.4, 0.5) is 0 Å². The van der Waals surface area contributed by atoms with Crippen molar-refractivity contribution < 1.29 is 8.83 Å². The number of rotatable bonds is 7. The van der Waals surface area contributed by atoms with Crippen LogP contribution in [0, 0.1) is 0 Å². The van der Waals surface area contributed by atoms with Crippen LogP contribution in [0.5, 0.6) is 0 Å². The van der Waals surface area contributed by atoms with Gasteiger partial charge >= 0.3 is 0 Å². The van der Waals surface area contributed by atoms with E-state index in [0.29, 0.717) is 0 Å². The van der Waals surface area contributed by atoms with Crippen molar-refractivity contribution in [2.24, 2.45) is 0 Å². The molecule has 14 aromatic carbocycles. The monoisotopic (exact) mass is 1150 g/mol. The average Bonchev–Trinajstić information content (AvgIpc) is 1.61. The van der Waals surface area contributed by atoms with E-state index < -0.39 is 0 Å². The maximum atomic E-state index is 7.17. The molecule has 0 unspecified atom stereocenters. The molecule has 0 radical (unpaired) electrons. The zero-order valence-electron chi connectivity index (χ0n) is 48.5. The van der Waals surface area contributed by atoms with Crippen molar-refractivity contribution >= 4 is 131 Å². The van der Waals surface area contributed by atoms with Gasteiger partial charge in [0.1, 0.15) is 22.3 Å². The zero-order valence-corrected chi connectivity index (χ0v) is 48.5. The third-order valence-corrected chi connectivity index (χ3v) is 19.2. The lowest BCUT2D eigenvalue weighted by molar-refractivity contribution is 0.668. The minimum Gasteiger partial charge on any atom is -0.456 e. The van der Waals surface area contributed by atoms with Gasteiger partial charge in [-0.2, -0.15) is 0 Å². The standard InChI is InChI=1S/C84H50N4O2/c1-2-17-51(18-3-1)52-33-37-54(38-34-52)87-71-28-11-6-21-60(71)65-45-47-76-81(83(65)87)69-25-9-14-31-74(69)86(76)57-41-43-63-67-27-16-26-66(84(67)90-79(63)50-57)59-20-5-4-19-58(59)53-35-39-55(40-36-53)88-72-29-12-7-22-61(72)64-44-46-75-80(82(64)88)68-24-8-13-30-73(68)85(75)56-42-48-78-70(49-56)62-23-10-15-32-77(62)89-78/h1-50H. The molecule has 0 bridgehead atoms. The number of hydrogen-bond donors (Lipinski definition) is 0. The minimum absolute atomic E-state index is 0.840. The fraction of sp³-hybridized carbons (Fsp3) is 0. The van der Waals surface area contributed by atoms with Crippen molar-refractivity contribution in [2.45, 2.75) is 0 Å². The predicted octanol–water partition coefficient (Wildman–Crippen LogP) is 22.9. The van der Waals surface area contributed by atoms with Gasteiger partial charge in [-0.15, -0.1) is 0 Å². The SMILES string of the molecule is c1ccc(-c2ccc(-n3c4ccccc4c4ccc5c(c6ccccc6n5-c5ccc6c(c5)oc5c(-c7ccccc7-c7ccc(-n8c9ccccc9c9ccc%10c(c%11ccccc%11n%10-c%10ccc%11oc%12ccccc%12c%11c%10)c98)cc7)cccc56)c43)cc2)cc1. The molecule has 0 spiro atoms. The Morgan fingerprint density at radius 2 is 0.633 bits per heavy atom. The zero-order chi connectivity index (χ0) is 58.7. The van der Waals surface area contributed by atoms with Crippen LogP contribution in [-0.2, 0) is 0 Å². The van der Waals surface area contributed by atoms with Gasteiger partial charge in [0.05, 0.1) is 44.1 Å². The highest BCUT2D eigenvalue weighted by molar-refractivity contribution is 6.28. The van der Waals surface area contributed by atoms with Gasteiger partial charge in [0.25, 0.3) is 0 Å². The van der Waals surface area contributed by atoms with Gasteiger partial charge < -0.3 is 27.1 Å². The molecule has 20 aromatic rings. The molecule has 20 rings (SSSR count). The Balaban J connectivity index is 0.706. The summed E-state index contributed by atoms with van der Waals surface area (Å²) in [4.78, 5) is 0. The molecule has 0 fully saturated rings. The molecule has 6 heterocycles. The molecule has 6 nitrogen and oxygen atoms in total. The summed E-state index contributed by atoms with van der Waals surface area (Å²) in [6.07, 6.45) is 0. The minimum atomic E-state index is 0.840. The first-order valence-electron chi connectivity index (χ1n) is 30.8. The first kappa shape index (κ1) is 49.0. The first-order chi connectivity index (χ1) is 44.7. The number of fused-ring (bicyclic) bond motifs is 20. The Morgan fingerprint density at radius 3 is 1.27 bits per heavy atom. The molecule has 418 valence electrons.